The first kappa shape index (κ1) is 13.4. The van der Waals surface area contributed by atoms with Gasteiger partial charge in [0.2, 0.25) is 11.8 Å². The Morgan fingerprint density at radius 1 is 1.47 bits per heavy atom. The lowest BCUT2D eigenvalue weighted by Gasteiger charge is -2.30. The highest BCUT2D eigenvalue weighted by Gasteiger charge is 2.20. The molecule has 0 aromatic heterocycles. The summed E-state index contributed by atoms with van der Waals surface area (Å²) in [6.07, 6.45) is 4.21. The molecule has 94 valence electrons. The normalized spacial score (nSPS) is 20.4. The van der Waals surface area contributed by atoms with Gasteiger partial charge in [0.1, 0.15) is 0 Å². The summed E-state index contributed by atoms with van der Waals surface area (Å²) in [6.45, 7) is 4.95. The van der Waals surface area contributed by atoms with Crippen molar-refractivity contribution in [1.82, 2.24) is 9.80 Å². The molecule has 0 radical (unpaired) electrons. The fourth-order valence-corrected chi connectivity index (χ4v) is 1.46. The van der Waals surface area contributed by atoms with Crippen LogP contribution in [0.3, 0.4) is 0 Å². The highest BCUT2D eigenvalue weighted by atomic mass is 16.5. The molecule has 0 bridgehead atoms. The number of morpholine rings is 1. The Labute approximate surface area is 101 Å². The van der Waals surface area contributed by atoms with Crippen LogP contribution >= 0.6 is 0 Å². The lowest BCUT2D eigenvalue weighted by molar-refractivity contribution is -0.131. The standard InChI is InChI=1S/C12H18N2O3/c1-4-11(15)14-7-8-17-10(9-14)5-6-12(16)13(2)3/h4-6,10H,1,7-9H2,2-3H3/b6-5+. The van der Waals surface area contributed by atoms with Crippen LogP contribution in [-0.4, -0.2) is 61.5 Å². The molecule has 0 saturated carbocycles. The average molecular weight is 238 g/mol. The van der Waals surface area contributed by atoms with Crippen LogP contribution in [-0.2, 0) is 14.3 Å². The zero-order chi connectivity index (χ0) is 12.8. The molecule has 17 heavy (non-hydrogen) atoms. The third-order valence-electron chi connectivity index (χ3n) is 2.47. The zero-order valence-corrected chi connectivity index (χ0v) is 10.3. The van der Waals surface area contributed by atoms with E-state index in [2.05, 4.69) is 6.58 Å². The Hall–Kier alpha value is -1.62. The third-order valence-corrected chi connectivity index (χ3v) is 2.47. The van der Waals surface area contributed by atoms with E-state index in [1.54, 1.807) is 25.1 Å². The van der Waals surface area contributed by atoms with E-state index in [0.29, 0.717) is 19.7 Å². The number of nitrogens with zero attached hydrogens (tertiary/aromatic N) is 2. The first-order chi connectivity index (χ1) is 8.04. The first-order valence-corrected chi connectivity index (χ1v) is 5.47. The van der Waals surface area contributed by atoms with Gasteiger partial charge in [0.15, 0.2) is 0 Å². The van der Waals surface area contributed by atoms with Crippen molar-refractivity contribution in [2.24, 2.45) is 0 Å². The lowest BCUT2D eigenvalue weighted by Crippen LogP contribution is -2.44. The van der Waals surface area contributed by atoms with Gasteiger partial charge in [0.25, 0.3) is 0 Å². The van der Waals surface area contributed by atoms with Gasteiger partial charge in [-0.05, 0) is 12.2 Å². The molecule has 1 unspecified atom stereocenters. The molecule has 1 atom stereocenters. The SMILES string of the molecule is C=CC(=O)N1CCOC(/C=C/C(=O)N(C)C)C1. The van der Waals surface area contributed by atoms with E-state index in [0.717, 1.165) is 0 Å². The minimum atomic E-state index is -0.225. The molecule has 1 saturated heterocycles. The van der Waals surface area contributed by atoms with Crippen molar-refractivity contribution in [3.05, 3.63) is 24.8 Å². The zero-order valence-electron chi connectivity index (χ0n) is 10.3. The summed E-state index contributed by atoms with van der Waals surface area (Å²) < 4.78 is 5.45. The van der Waals surface area contributed by atoms with Crippen LogP contribution in [0.5, 0.6) is 0 Å². The molecule has 1 heterocycles. The molecular formula is C12H18N2O3. The van der Waals surface area contributed by atoms with Crippen molar-refractivity contribution in [2.45, 2.75) is 6.10 Å². The second-order valence-electron chi connectivity index (χ2n) is 3.99. The predicted octanol–water partition coefficient (Wildman–Crippen LogP) is 0.0442. The Balaban J connectivity index is 2.53. The Morgan fingerprint density at radius 3 is 2.76 bits per heavy atom. The van der Waals surface area contributed by atoms with Gasteiger partial charge in [-0.3, -0.25) is 9.59 Å². The van der Waals surface area contributed by atoms with Gasteiger partial charge in [-0.2, -0.15) is 0 Å². The molecule has 1 aliphatic rings. The van der Waals surface area contributed by atoms with Gasteiger partial charge in [-0.25, -0.2) is 0 Å². The number of carbonyl (C=O) groups excluding carboxylic acids is 2. The van der Waals surface area contributed by atoms with E-state index >= 15 is 0 Å². The Kier molecular flexibility index (Phi) is 4.90. The maximum atomic E-state index is 11.4. The Morgan fingerprint density at radius 2 is 2.18 bits per heavy atom. The molecule has 5 heteroatoms. The topological polar surface area (TPSA) is 49.9 Å². The number of ether oxygens (including phenoxy) is 1. The quantitative estimate of drug-likeness (QED) is 0.652. The number of hydrogen-bond donors (Lipinski definition) is 0. The van der Waals surface area contributed by atoms with Gasteiger partial charge in [0.05, 0.1) is 19.3 Å². The third kappa shape index (κ3) is 4.03. The molecule has 0 spiro atoms. The summed E-state index contributed by atoms with van der Waals surface area (Å²) in [5, 5.41) is 0. The predicted molar refractivity (Wildman–Crippen MR) is 64.4 cm³/mol. The van der Waals surface area contributed by atoms with Crippen LogP contribution in [0.15, 0.2) is 24.8 Å². The number of likely N-dealkylation sites (N-methyl/N-ethyl adjacent to an activating group) is 1. The van der Waals surface area contributed by atoms with Crippen molar-refractivity contribution >= 4 is 11.8 Å². The molecule has 1 aliphatic heterocycles. The molecule has 0 aliphatic carbocycles. The summed E-state index contributed by atoms with van der Waals surface area (Å²) in [5.41, 5.74) is 0. The largest absolute Gasteiger partial charge is 0.370 e. The van der Waals surface area contributed by atoms with Crippen molar-refractivity contribution < 1.29 is 14.3 Å². The molecular weight excluding hydrogens is 220 g/mol. The number of amides is 2. The van der Waals surface area contributed by atoms with Gasteiger partial charge >= 0.3 is 0 Å². The second kappa shape index (κ2) is 6.20. The summed E-state index contributed by atoms with van der Waals surface area (Å²) in [7, 11) is 3.36. The average Bonchev–Trinajstić information content (AvgIpc) is 2.35. The molecule has 0 aromatic carbocycles. The van der Waals surface area contributed by atoms with Gasteiger partial charge in [0, 0.05) is 26.7 Å². The van der Waals surface area contributed by atoms with Crippen molar-refractivity contribution in [3.63, 3.8) is 0 Å². The Bertz CT molecular complexity index is 337. The van der Waals surface area contributed by atoms with Crippen LogP contribution in [0.4, 0.5) is 0 Å². The van der Waals surface area contributed by atoms with E-state index in [-0.39, 0.29) is 17.9 Å². The van der Waals surface area contributed by atoms with Gasteiger partial charge in [-0.15, -0.1) is 0 Å². The van der Waals surface area contributed by atoms with Crippen LogP contribution in [0, 0.1) is 0 Å². The van der Waals surface area contributed by atoms with Crippen molar-refractivity contribution in [2.75, 3.05) is 33.8 Å². The van der Waals surface area contributed by atoms with Crippen LogP contribution in [0.25, 0.3) is 0 Å². The molecule has 0 aromatic rings. The number of hydrogen-bond acceptors (Lipinski definition) is 3. The molecule has 1 fully saturated rings. The van der Waals surface area contributed by atoms with Crippen LogP contribution < -0.4 is 0 Å². The van der Waals surface area contributed by atoms with Gasteiger partial charge < -0.3 is 14.5 Å². The van der Waals surface area contributed by atoms with Crippen LogP contribution in [0.2, 0.25) is 0 Å². The minimum absolute atomic E-state index is 0.0965. The fourth-order valence-electron chi connectivity index (χ4n) is 1.46. The van der Waals surface area contributed by atoms with Crippen molar-refractivity contribution in [1.29, 1.82) is 0 Å². The first-order valence-electron chi connectivity index (χ1n) is 5.47. The van der Waals surface area contributed by atoms with E-state index in [9.17, 15) is 9.59 Å². The summed E-state index contributed by atoms with van der Waals surface area (Å²) in [6, 6.07) is 0. The van der Waals surface area contributed by atoms with E-state index in [1.807, 2.05) is 0 Å². The van der Waals surface area contributed by atoms with Gasteiger partial charge in [-0.1, -0.05) is 6.58 Å². The maximum Gasteiger partial charge on any atom is 0.246 e. The lowest BCUT2D eigenvalue weighted by atomic mass is 10.2. The molecule has 0 N–H and O–H groups in total. The summed E-state index contributed by atoms with van der Waals surface area (Å²) in [5.74, 6) is -0.202. The molecule has 2 amide bonds. The minimum Gasteiger partial charge on any atom is -0.370 e. The molecule has 1 rings (SSSR count). The van der Waals surface area contributed by atoms with Crippen LogP contribution in [0.1, 0.15) is 0 Å². The number of rotatable bonds is 3. The van der Waals surface area contributed by atoms with E-state index in [1.165, 1.54) is 17.1 Å². The fraction of sp³-hybridized carbons (Fsp3) is 0.500. The summed E-state index contributed by atoms with van der Waals surface area (Å²) >= 11 is 0. The van der Waals surface area contributed by atoms with Crippen molar-refractivity contribution in [3.8, 4) is 0 Å². The van der Waals surface area contributed by atoms with E-state index in [4.69, 9.17) is 4.74 Å². The smallest absolute Gasteiger partial charge is 0.246 e. The monoisotopic (exact) mass is 238 g/mol. The number of carbonyl (C=O) groups is 2. The second-order valence-corrected chi connectivity index (χ2v) is 3.99. The molecule has 5 nitrogen and oxygen atoms in total. The maximum absolute atomic E-state index is 11.4. The highest BCUT2D eigenvalue weighted by molar-refractivity contribution is 5.88. The summed E-state index contributed by atoms with van der Waals surface area (Å²) in [4.78, 5) is 25.9. The highest BCUT2D eigenvalue weighted by Crippen LogP contribution is 2.07. The van der Waals surface area contributed by atoms with E-state index < -0.39 is 0 Å².